The predicted molar refractivity (Wildman–Crippen MR) is 113 cm³/mol. The van der Waals surface area contributed by atoms with E-state index in [0.717, 1.165) is 37.7 Å². The van der Waals surface area contributed by atoms with Crippen LogP contribution in [-0.2, 0) is 4.74 Å². The summed E-state index contributed by atoms with van der Waals surface area (Å²) in [6, 6.07) is 3.96. The molecule has 1 aliphatic rings. The van der Waals surface area contributed by atoms with E-state index < -0.39 is 11.7 Å². The Morgan fingerprint density at radius 3 is 2.82 bits per heavy atom. The molecule has 0 aromatic carbocycles. The number of carbonyl (C=O) groups excluding carboxylic acids is 1. The predicted octanol–water partition coefficient (Wildman–Crippen LogP) is 2.39. The minimum atomic E-state index is -0.483. The molecular weight excluding hydrogens is 380 g/mol. The average Bonchev–Trinajstić information content (AvgIpc) is 3.07. The van der Waals surface area contributed by atoms with Gasteiger partial charge in [0.2, 0.25) is 0 Å². The van der Waals surface area contributed by atoms with Crippen LogP contribution in [0.3, 0.4) is 0 Å². The molecule has 1 unspecified atom stereocenters. The molecule has 0 radical (unpaired) electrons. The van der Waals surface area contributed by atoms with Crippen molar-refractivity contribution in [1.82, 2.24) is 20.9 Å². The second kappa shape index (κ2) is 10.4. The van der Waals surface area contributed by atoms with Crippen LogP contribution in [0.1, 0.15) is 33.6 Å². The standard InChI is InChI=1S/C19H31ClN6O2/c1-19(2,3)28-18(27)24-11-6-10-23-17(21-4)25-14-8-12-26(13-14)16-15(20)7-5-9-22-16/h5,7,9,14H,6,8,10-13H2,1-4H3,(H,24,27)(H2,21,23,25). The summed E-state index contributed by atoms with van der Waals surface area (Å²) in [6.45, 7) is 8.47. The zero-order valence-corrected chi connectivity index (χ0v) is 17.8. The Balaban J connectivity index is 1.67. The third-order valence-corrected chi connectivity index (χ3v) is 4.40. The van der Waals surface area contributed by atoms with Gasteiger partial charge in [-0.05, 0) is 45.7 Å². The number of hydrogen-bond donors (Lipinski definition) is 3. The summed E-state index contributed by atoms with van der Waals surface area (Å²) in [4.78, 5) is 22.4. The molecule has 0 spiro atoms. The van der Waals surface area contributed by atoms with E-state index in [9.17, 15) is 4.79 Å². The van der Waals surface area contributed by atoms with Crippen molar-refractivity contribution in [2.45, 2.75) is 45.3 Å². The van der Waals surface area contributed by atoms with Gasteiger partial charge in [0, 0.05) is 45.5 Å². The van der Waals surface area contributed by atoms with Gasteiger partial charge < -0.3 is 25.6 Å². The van der Waals surface area contributed by atoms with Gasteiger partial charge in [-0.15, -0.1) is 0 Å². The molecule has 1 aromatic heterocycles. The number of anilines is 1. The van der Waals surface area contributed by atoms with Crippen LogP contribution in [0.25, 0.3) is 0 Å². The monoisotopic (exact) mass is 410 g/mol. The van der Waals surface area contributed by atoms with Gasteiger partial charge in [-0.3, -0.25) is 4.99 Å². The average molecular weight is 411 g/mol. The van der Waals surface area contributed by atoms with Gasteiger partial charge in [-0.1, -0.05) is 11.6 Å². The highest BCUT2D eigenvalue weighted by Gasteiger charge is 2.25. The van der Waals surface area contributed by atoms with E-state index in [0.29, 0.717) is 18.1 Å². The normalized spacial score (nSPS) is 17.4. The number of carbonyl (C=O) groups is 1. The maximum absolute atomic E-state index is 11.6. The van der Waals surface area contributed by atoms with Gasteiger partial charge in [0.05, 0.1) is 5.02 Å². The van der Waals surface area contributed by atoms with Gasteiger partial charge in [0.25, 0.3) is 0 Å². The van der Waals surface area contributed by atoms with Crippen LogP contribution in [0, 0.1) is 0 Å². The highest BCUT2D eigenvalue weighted by Crippen LogP contribution is 2.25. The third kappa shape index (κ3) is 7.42. The number of guanidine groups is 1. The molecule has 28 heavy (non-hydrogen) atoms. The van der Waals surface area contributed by atoms with E-state index in [2.05, 4.69) is 30.8 Å². The van der Waals surface area contributed by atoms with Crippen molar-refractivity contribution in [1.29, 1.82) is 0 Å². The van der Waals surface area contributed by atoms with Crippen LogP contribution < -0.4 is 20.9 Å². The number of halogens is 1. The van der Waals surface area contributed by atoms with Crippen molar-refractivity contribution in [3.63, 3.8) is 0 Å². The maximum atomic E-state index is 11.6. The van der Waals surface area contributed by atoms with Gasteiger partial charge >= 0.3 is 6.09 Å². The number of aromatic nitrogens is 1. The van der Waals surface area contributed by atoms with Crippen molar-refractivity contribution in [2.75, 3.05) is 38.1 Å². The molecule has 0 aliphatic carbocycles. The van der Waals surface area contributed by atoms with Gasteiger partial charge in [-0.25, -0.2) is 9.78 Å². The summed E-state index contributed by atoms with van der Waals surface area (Å²) < 4.78 is 5.20. The second-order valence-corrected chi connectivity index (χ2v) is 8.07. The number of aliphatic imine (C=N–C) groups is 1. The number of pyridine rings is 1. The Bertz CT molecular complexity index is 677. The quantitative estimate of drug-likeness (QED) is 0.379. The topological polar surface area (TPSA) is 90.9 Å². The first-order valence-electron chi connectivity index (χ1n) is 9.58. The Hall–Kier alpha value is -2.22. The maximum Gasteiger partial charge on any atom is 0.407 e. The Morgan fingerprint density at radius 2 is 2.14 bits per heavy atom. The molecule has 2 heterocycles. The summed E-state index contributed by atoms with van der Waals surface area (Å²) >= 11 is 6.24. The molecule has 1 fully saturated rings. The first-order valence-corrected chi connectivity index (χ1v) is 9.96. The lowest BCUT2D eigenvalue weighted by molar-refractivity contribution is 0.0527. The Kier molecular flexibility index (Phi) is 8.17. The summed E-state index contributed by atoms with van der Waals surface area (Å²) in [5.74, 6) is 1.57. The molecule has 8 nitrogen and oxygen atoms in total. The van der Waals surface area contributed by atoms with Crippen LogP contribution in [0.15, 0.2) is 23.3 Å². The van der Waals surface area contributed by atoms with E-state index in [1.807, 2.05) is 32.9 Å². The summed E-state index contributed by atoms with van der Waals surface area (Å²) in [6.07, 6.45) is 3.11. The van der Waals surface area contributed by atoms with Crippen molar-refractivity contribution >= 4 is 29.5 Å². The number of alkyl carbamates (subject to hydrolysis) is 1. The fourth-order valence-electron chi connectivity index (χ4n) is 2.87. The first kappa shape index (κ1) is 22.1. The molecular formula is C19H31ClN6O2. The van der Waals surface area contributed by atoms with Crippen molar-refractivity contribution in [3.05, 3.63) is 23.4 Å². The first-order chi connectivity index (χ1) is 13.3. The Morgan fingerprint density at radius 1 is 1.39 bits per heavy atom. The summed E-state index contributed by atoms with van der Waals surface area (Å²) in [5, 5.41) is 10.1. The molecule has 1 amide bonds. The number of amides is 1. The Labute approximate surface area is 172 Å². The lowest BCUT2D eigenvalue weighted by Gasteiger charge is -2.20. The lowest BCUT2D eigenvalue weighted by Crippen LogP contribution is -2.45. The van der Waals surface area contributed by atoms with Crippen LogP contribution >= 0.6 is 11.6 Å². The third-order valence-electron chi connectivity index (χ3n) is 4.11. The number of ether oxygens (including phenoxy) is 1. The number of rotatable bonds is 6. The fourth-order valence-corrected chi connectivity index (χ4v) is 3.11. The van der Waals surface area contributed by atoms with E-state index in [4.69, 9.17) is 16.3 Å². The van der Waals surface area contributed by atoms with Gasteiger partial charge in [0.15, 0.2) is 5.96 Å². The molecule has 0 bridgehead atoms. The number of nitrogens with zero attached hydrogens (tertiary/aromatic N) is 3. The molecule has 2 rings (SSSR count). The number of nitrogens with one attached hydrogen (secondary N) is 3. The van der Waals surface area contributed by atoms with Crippen LogP contribution in [0.5, 0.6) is 0 Å². The molecule has 1 aliphatic heterocycles. The highest BCUT2D eigenvalue weighted by atomic mass is 35.5. The van der Waals surface area contributed by atoms with Gasteiger partial charge in [0.1, 0.15) is 11.4 Å². The fraction of sp³-hybridized carbons (Fsp3) is 0.632. The summed E-state index contributed by atoms with van der Waals surface area (Å²) in [5.41, 5.74) is -0.483. The number of hydrogen-bond acceptors (Lipinski definition) is 5. The summed E-state index contributed by atoms with van der Waals surface area (Å²) in [7, 11) is 1.75. The van der Waals surface area contributed by atoms with E-state index in [1.165, 1.54) is 0 Å². The molecule has 156 valence electrons. The van der Waals surface area contributed by atoms with Crippen molar-refractivity contribution in [2.24, 2.45) is 4.99 Å². The second-order valence-electron chi connectivity index (χ2n) is 7.67. The van der Waals surface area contributed by atoms with Crippen LogP contribution in [-0.4, -0.2) is 61.9 Å². The highest BCUT2D eigenvalue weighted by molar-refractivity contribution is 6.32. The van der Waals surface area contributed by atoms with Gasteiger partial charge in [-0.2, -0.15) is 0 Å². The van der Waals surface area contributed by atoms with E-state index >= 15 is 0 Å². The van der Waals surface area contributed by atoms with E-state index in [1.54, 1.807) is 13.2 Å². The zero-order valence-electron chi connectivity index (χ0n) is 17.1. The van der Waals surface area contributed by atoms with Crippen LogP contribution in [0.2, 0.25) is 5.02 Å². The SMILES string of the molecule is CN=C(NCCCNC(=O)OC(C)(C)C)NC1CCN(c2ncccc2Cl)C1. The smallest absolute Gasteiger partial charge is 0.407 e. The van der Waals surface area contributed by atoms with Crippen LogP contribution in [0.4, 0.5) is 10.6 Å². The lowest BCUT2D eigenvalue weighted by atomic mass is 10.2. The molecule has 0 saturated carbocycles. The molecule has 1 saturated heterocycles. The molecule has 3 N–H and O–H groups in total. The largest absolute Gasteiger partial charge is 0.444 e. The van der Waals surface area contributed by atoms with Crippen molar-refractivity contribution < 1.29 is 9.53 Å². The minimum Gasteiger partial charge on any atom is -0.444 e. The van der Waals surface area contributed by atoms with Crippen molar-refractivity contribution in [3.8, 4) is 0 Å². The minimum absolute atomic E-state index is 0.268. The zero-order chi connectivity index (χ0) is 20.6. The van der Waals surface area contributed by atoms with E-state index in [-0.39, 0.29) is 6.04 Å². The molecule has 1 atom stereocenters. The molecule has 1 aromatic rings. The molecule has 9 heteroatoms.